The van der Waals surface area contributed by atoms with E-state index in [2.05, 4.69) is 26.8 Å². The maximum Gasteiger partial charge on any atom is 0.121 e. The summed E-state index contributed by atoms with van der Waals surface area (Å²) in [6, 6.07) is 7.41. The van der Waals surface area contributed by atoms with Gasteiger partial charge in [0, 0.05) is 6.07 Å². The van der Waals surface area contributed by atoms with Gasteiger partial charge in [-0.15, -0.1) is 0 Å². The molecule has 20 heavy (non-hydrogen) atoms. The highest BCUT2D eigenvalue weighted by atomic mass is 35.5. The quantitative estimate of drug-likeness (QED) is 0.780. The molecule has 2 nitrogen and oxygen atoms in total. The van der Waals surface area contributed by atoms with Crippen LogP contribution in [0.2, 0.25) is 5.02 Å². The van der Waals surface area contributed by atoms with E-state index in [4.69, 9.17) is 21.6 Å². The summed E-state index contributed by atoms with van der Waals surface area (Å²) in [6.45, 7) is 6.82. The SMILES string of the molecule is CC(C)[C@H]1CC[C@@H](C)C[C@@H]1Oc1ccc(C#N)c(Cl)c1. The molecule has 0 heterocycles. The highest BCUT2D eigenvalue weighted by Gasteiger charge is 2.32. The highest BCUT2D eigenvalue weighted by Crippen LogP contribution is 2.36. The van der Waals surface area contributed by atoms with Crippen molar-refractivity contribution in [3.63, 3.8) is 0 Å². The molecular formula is C17H22ClNO. The van der Waals surface area contributed by atoms with Gasteiger partial charge in [-0.25, -0.2) is 0 Å². The van der Waals surface area contributed by atoms with Crippen LogP contribution in [0.15, 0.2) is 18.2 Å². The van der Waals surface area contributed by atoms with Crippen molar-refractivity contribution in [2.24, 2.45) is 17.8 Å². The summed E-state index contributed by atoms with van der Waals surface area (Å²) in [7, 11) is 0. The number of benzene rings is 1. The largest absolute Gasteiger partial charge is 0.490 e. The van der Waals surface area contributed by atoms with E-state index in [0.717, 1.165) is 12.2 Å². The first kappa shape index (κ1) is 15.2. The van der Waals surface area contributed by atoms with Crippen LogP contribution in [0.25, 0.3) is 0 Å². The third kappa shape index (κ3) is 3.46. The molecule has 0 aliphatic heterocycles. The van der Waals surface area contributed by atoms with Gasteiger partial charge in [0.25, 0.3) is 0 Å². The summed E-state index contributed by atoms with van der Waals surface area (Å²) in [5.74, 6) is 2.71. The van der Waals surface area contributed by atoms with E-state index in [0.29, 0.717) is 28.3 Å². The number of hydrogen-bond acceptors (Lipinski definition) is 2. The molecular weight excluding hydrogens is 270 g/mol. The second kappa shape index (κ2) is 6.50. The Bertz CT molecular complexity index is 506. The van der Waals surface area contributed by atoms with Gasteiger partial charge in [0.15, 0.2) is 0 Å². The Kier molecular flexibility index (Phi) is 4.94. The molecule has 1 aliphatic rings. The maximum absolute atomic E-state index is 8.91. The fourth-order valence-corrected chi connectivity index (χ4v) is 3.30. The minimum absolute atomic E-state index is 0.253. The Labute approximate surface area is 126 Å². The molecule has 1 saturated carbocycles. The lowest BCUT2D eigenvalue weighted by Crippen LogP contribution is -2.36. The van der Waals surface area contributed by atoms with Crippen LogP contribution in [0.4, 0.5) is 0 Å². The zero-order chi connectivity index (χ0) is 14.7. The topological polar surface area (TPSA) is 33.0 Å². The Morgan fingerprint density at radius 2 is 2.10 bits per heavy atom. The molecule has 1 aromatic carbocycles. The minimum atomic E-state index is 0.253. The van der Waals surface area contributed by atoms with Gasteiger partial charge >= 0.3 is 0 Å². The molecule has 3 atom stereocenters. The van der Waals surface area contributed by atoms with E-state index < -0.39 is 0 Å². The van der Waals surface area contributed by atoms with Crippen molar-refractivity contribution < 1.29 is 4.74 Å². The summed E-state index contributed by atoms with van der Waals surface area (Å²) >= 11 is 6.07. The number of nitrogens with zero attached hydrogens (tertiary/aromatic N) is 1. The van der Waals surface area contributed by atoms with Gasteiger partial charge < -0.3 is 4.74 Å². The van der Waals surface area contributed by atoms with E-state index in [1.165, 1.54) is 12.8 Å². The summed E-state index contributed by atoms with van der Waals surface area (Å²) < 4.78 is 6.19. The smallest absolute Gasteiger partial charge is 0.121 e. The number of halogens is 1. The van der Waals surface area contributed by atoms with Crippen molar-refractivity contribution in [2.45, 2.75) is 46.1 Å². The van der Waals surface area contributed by atoms with E-state index >= 15 is 0 Å². The van der Waals surface area contributed by atoms with Crippen LogP contribution in [0, 0.1) is 29.1 Å². The molecule has 0 bridgehead atoms. The Morgan fingerprint density at radius 1 is 1.35 bits per heavy atom. The van der Waals surface area contributed by atoms with Crippen LogP contribution < -0.4 is 4.74 Å². The zero-order valence-electron chi connectivity index (χ0n) is 12.4. The molecule has 1 aliphatic carbocycles. The minimum Gasteiger partial charge on any atom is -0.490 e. The lowest BCUT2D eigenvalue weighted by Gasteiger charge is -2.37. The van der Waals surface area contributed by atoms with Crippen molar-refractivity contribution in [3.8, 4) is 11.8 Å². The third-order valence-corrected chi connectivity index (χ3v) is 4.62. The monoisotopic (exact) mass is 291 g/mol. The van der Waals surface area contributed by atoms with Gasteiger partial charge in [0.2, 0.25) is 0 Å². The molecule has 0 unspecified atom stereocenters. The van der Waals surface area contributed by atoms with Crippen LogP contribution in [-0.4, -0.2) is 6.10 Å². The average Bonchev–Trinajstić information content (AvgIpc) is 2.38. The van der Waals surface area contributed by atoms with Crippen LogP contribution in [0.1, 0.15) is 45.6 Å². The summed E-state index contributed by atoms with van der Waals surface area (Å²) in [6.07, 6.45) is 3.87. The second-order valence-corrected chi connectivity index (χ2v) is 6.64. The first-order valence-electron chi connectivity index (χ1n) is 7.37. The second-order valence-electron chi connectivity index (χ2n) is 6.24. The van der Waals surface area contributed by atoms with E-state index in [-0.39, 0.29) is 6.10 Å². The van der Waals surface area contributed by atoms with Gasteiger partial charge in [-0.1, -0.05) is 38.8 Å². The van der Waals surface area contributed by atoms with Crippen molar-refractivity contribution in [3.05, 3.63) is 28.8 Å². The Balaban J connectivity index is 2.14. The third-order valence-electron chi connectivity index (χ3n) is 4.31. The van der Waals surface area contributed by atoms with Crippen LogP contribution in [0.5, 0.6) is 5.75 Å². The highest BCUT2D eigenvalue weighted by molar-refractivity contribution is 6.31. The molecule has 0 aromatic heterocycles. The fraction of sp³-hybridized carbons (Fsp3) is 0.588. The maximum atomic E-state index is 8.91. The molecule has 0 saturated heterocycles. The summed E-state index contributed by atoms with van der Waals surface area (Å²) in [5, 5.41) is 9.37. The number of nitriles is 1. The predicted molar refractivity (Wildman–Crippen MR) is 81.9 cm³/mol. The number of hydrogen-bond donors (Lipinski definition) is 0. The lowest BCUT2D eigenvalue weighted by molar-refractivity contribution is 0.0460. The van der Waals surface area contributed by atoms with Crippen molar-refractivity contribution >= 4 is 11.6 Å². The van der Waals surface area contributed by atoms with E-state index in [1.807, 2.05) is 6.07 Å². The molecule has 1 fully saturated rings. The standard InChI is InChI=1S/C17H22ClNO/c1-11(2)15-7-4-12(3)8-17(15)20-14-6-5-13(10-19)16(18)9-14/h5-6,9,11-12,15,17H,4,7-8H2,1-3H3/t12-,15-,17+/m1/s1. The summed E-state index contributed by atoms with van der Waals surface area (Å²) in [5.41, 5.74) is 0.497. The molecule has 3 heteroatoms. The molecule has 0 radical (unpaired) electrons. The number of rotatable bonds is 3. The van der Waals surface area contributed by atoms with E-state index in [9.17, 15) is 0 Å². The summed E-state index contributed by atoms with van der Waals surface area (Å²) in [4.78, 5) is 0. The van der Waals surface area contributed by atoms with Crippen LogP contribution in [0.3, 0.4) is 0 Å². The predicted octanol–water partition coefficient (Wildman–Crippen LogP) is 5.05. The zero-order valence-corrected chi connectivity index (χ0v) is 13.2. The van der Waals surface area contributed by atoms with Crippen LogP contribution in [-0.2, 0) is 0 Å². The molecule has 0 amide bonds. The number of ether oxygens (including phenoxy) is 1. The Hall–Kier alpha value is -1.20. The van der Waals surface area contributed by atoms with Crippen molar-refractivity contribution in [1.82, 2.24) is 0 Å². The van der Waals surface area contributed by atoms with Gasteiger partial charge in [-0.05, 0) is 42.7 Å². The first-order chi connectivity index (χ1) is 9.51. The molecule has 0 spiro atoms. The molecule has 1 aromatic rings. The lowest BCUT2D eigenvalue weighted by atomic mass is 9.75. The van der Waals surface area contributed by atoms with Gasteiger partial charge in [-0.3, -0.25) is 0 Å². The molecule has 108 valence electrons. The van der Waals surface area contributed by atoms with Gasteiger partial charge in [0.1, 0.15) is 17.9 Å². The van der Waals surface area contributed by atoms with E-state index in [1.54, 1.807) is 12.1 Å². The van der Waals surface area contributed by atoms with Gasteiger partial charge in [0.05, 0.1) is 10.6 Å². The van der Waals surface area contributed by atoms with Crippen molar-refractivity contribution in [1.29, 1.82) is 5.26 Å². The normalized spacial score (nSPS) is 26.3. The van der Waals surface area contributed by atoms with Crippen molar-refractivity contribution in [2.75, 3.05) is 0 Å². The van der Waals surface area contributed by atoms with Gasteiger partial charge in [-0.2, -0.15) is 5.26 Å². The fourth-order valence-electron chi connectivity index (χ4n) is 3.08. The van der Waals surface area contributed by atoms with Crippen LogP contribution >= 0.6 is 11.6 Å². The first-order valence-corrected chi connectivity index (χ1v) is 7.75. The Morgan fingerprint density at radius 3 is 2.70 bits per heavy atom. The molecule has 2 rings (SSSR count). The average molecular weight is 292 g/mol. The molecule has 0 N–H and O–H groups in total.